The van der Waals surface area contributed by atoms with E-state index in [1.165, 1.54) is 31.3 Å². The van der Waals surface area contributed by atoms with Crippen molar-refractivity contribution in [1.29, 1.82) is 0 Å². The highest BCUT2D eigenvalue weighted by atomic mass is 19.3. The van der Waals surface area contributed by atoms with Crippen LogP contribution in [-0.4, -0.2) is 30.4 Å². The van der Waals surface area contributed by atoms with E-state index in [1.807, 2.05) is 0 Å². The van der Waals surface area contributed by atoms with E-state index in [2.05, 4.69) is 9.73 Å². The summed E-state index contributed by atoms with van der Waals surface area (Å²) in [5, 5.41) is 0. The maximum atomic E-state index is 14.0. The van der Waals surface area contributed by atoms with Crippen LogP contribution in [0.2, 0.25) is 0 Å². The second-order valence-corrected chi connectivity index (χ2v) is 6.18. The number of amides is 1. The van der Waals surface area contributed by atoms with Crippen LogP contribution in [-0.2, 0) is 10.3 Å². The van der Waals surface area contributed by atoms with Gasteiger partial charge in [0.05, 0.1) is 0 Å². The maximum Gasteiger partial charge on any atom is 0.387 e. The number of nitrogens with zero attached hydrogens (tertiary/aromatic N) is 2. The summed E-state index contributed by atoms with van der Waals surface area (Å²) in [4.78, 5) is 18.5. The van der Waals surface area contributed by atoms with Gasteiger partial charge in [-0.2, -0.15) is 8.78 Å². The predicted octanol–water partition coefficient (Wildman–Crippen LogP) is 2.35. The van der Waals surface area contributed by atoms with Crippen LogP contribution in [0.5, 0.6) is 5.75 Å². The third-order valence-electron chi connectivity index (χ3n) is 4.39. The number of carbonyl (C=O) groups is 1. The largest absolute Gasteiger partial charge is 0.435 e. The molecule has 6 nitrogen and oxygen atoms in total. The van der Waals surface area contributed by atoms with Crippen LogP contribution in [0.1, 0.15) is 16.7 Å². The Balaban J connectivity index is 2.24. The molecule has 0 radical (unpaired) electrons. The molecule has 27 heavy (non-hydrogen) atoms. The molecule has 9 heteroatoms. The Morgan fingerprint density at radius 2 is 1.85 bits per heavy atom. The third-order valence-corrected chi connectivity index (χ3v) is 4.39. The number of ether oxygens (including phenoxy) is 1. The second kappa shape index (κ2) is 6.49. The van der Waals surface area contributed by atoms with Crippen molar-refractivity contribution < 1.29 is 22.7 Å². The van der Waals surface area contributed by atoms with E-state index in [-0.39, 0.29) is 23.0 Å². The lowest BCUT2D eigenvalue weighted by molar-refractivity contribution is -0.129. The normalized spacial score (nSPS) is 19.6. The van der Waals surface area contributed by atoms with Crippen LogP contribution >= 0.6 is 0 Å². The van der Waals surface area contributed by atoms with Crippen LogP contribution in [0.15, 0.2) is 41.4 Å². The van der Waals surface area contributed by atoms with Crippen molar-refractivity contribution in [2.45, 2.75) is 19.1 Å². The molecule has 0 fully saturated rings. The minimum absolute atomic E-state index is 0.0431. The molecule has 142 valence electrons. The highest BCUT2D eigenvalue weighted by Crippen LogP contribution is 2.41. The quantitative estimate of drug-likeness (QED) is 0.799. The molecule has 1 amide bonds. The monoisotopic (exact) mass is 378 g/mol. The van der Waals surface area contributed by atoms with Gasteiger partial charge >= 0.3 is 6.61 Å². The number of benzene rings is 2. The summed E-state index contributed by atoms with van der Waals surface area (Å²) in [6, 6.07) is 7.88. The fraction of sp³-hybridized carbons (Fsp3) is 0.222. The second-order valence-electron chi connectivity index (χ2n) is 6.18. The van der Waals surface area contributed by atoms with Crippen molar-refractivity contribution >= 4 is 17.6 Å². The van der Waals surface area contributed by atoms with E-state index in [4.69, 9.17) is 11.5 Å². The smallest absolute Gasteiger partial charge is 0.387 e. The van der Waals surface area contributed by atoms with E-state index in [0.29, 0.717) is 11.1 Å². The molecule has 1 atom stereocenters. The first-order chi connectivity index (χ1) is 12.6. The summed E-state index contributed by atoms with van der Waals surface area (Å²) in [5.74, 6) is -1.27. The van der Waals surface area contributed by atoms with Gasteiger partial charge in [-0.05, 0) is 53.9 Å². The number of hydrogen-bond acceptors (Lipinski definition) is 5. The van der Waals surface area contributed by atoms with Gasteiger partial charge in [0.1, 0.15) is 11.6 Å². The average molecular weight is 378 g/mol. The first kappa shape index (κ1) is 18.6. The number of halogens is 3. The zero-order valence-corrected chi connectivity index (χ0v) is 14.5. The molecule has 1 aliphatic heterocycles. The highest BCUT2D eigenvalue weighted by molar-refractivity contribution is 6.09. The molecule has 2 aromatic rings. The van der Waals surface area contributed by atoms with Crippen LogP contribution in [0.25, 0.3) is 0 Å². The number of alkyl halides is 2. The van der Waals surface area contributed by atoms with Gasteiger partial charge in [0.2, 0.25) is 0 Å². The summed E-state index contributed by atoms with van der Waals surface area (Å²) < 4.78 is 43.5. The molecular weight excluding hydrogens is 361 g/mol. The third kappa shape index (κ3) is 3.05. The molecule has 3 rings (SSSR count). The van der Waals surface area contributed by atoms with Gasteiger partial charge in [-0.1, -0.05) is 6.07 Å². The molecule has 2 aromatic carbocycles. The summed E-state index contributed by atoms with van der Waals surface area (Å²) >= 11 is 0. The first-order valence-corrected chi connectivity index (χ1v) is 7.91. The molecule has 0 saturated heterocycles. The Labute approximate surface area is 153 Å². The Morgan fingerprint density at radius 3 is 2.37 bits per heavy atom. The lowest BCUT2D eigenvalue weighted by Gasteiger charge is -2.27. The number of aliphatic imine (C=N–C) groups is 1. The predicted molar refractivity (Wildman–Crippen MR) is 93.8 cm³/mol. The number of rotatable bonds is 4. The molecular formula is C18H17F3N4O2. The van der Waals surface area contributed by atoms with Gasteiger partial charge in [0.15, 0.2) is 11.5 Å². The minimum Gasteiger partial charge on any atom is -0.435 e. The van der Waals surface area contributed by atoms with Gasteiger partial charge in [-0.15, -0.1) is 0 Å². The van der Waals surface area contributed by atoms with E-state index >= 15 is 0 Å². The van der Waals surface area contributed by atoms with Crippen molar-refractivity contribution in [3.8, 4) is 5.75 Å². The van der Waals surface area contributed by atoms with E-state index in [0.717, 1.165) is 17.0 Å². The van der Waals surface area contributed by atoms with Crippen molar-refractivity contribution in [2.24, 2.45) is 10.7 Å². The molecule has 0 saturated carbocycles. The molecule has 4 N–H and O–H groups in total. The average Bonchev–Trinajstić information content (AvgIpc) is 2.80. The Hall–Kier alpha value is -3.23. The van der Waals surface area contributed by atoms with Gasteiger partial charge < -0.3 is 16.2 Å². The van der Waals surface area contributed by atoms with Gasteiger partial charge in [0, 0.05) is 12.7 Å². The topological polar surface area (TPSA) is 93.9 Å². The fourth-order valence-electron chi connectivity index (χ4n) is 3.11. The van der Waals surface area contributed by atoms with Gasteiger partial charge in [-0.25, -0.2) is 9.38 Å². The Bertz CT molecular complexity index is 928. The number of hydrogen-bond donors (Lipinski definition) is 2. The van der Waals surface area contributed by atoms with Crippen LogP contribution in [0.4, 0.5) is 18.9 Å². The van der Waals surface area contributed by atoms with Crippen LogP contribution < -0.4 is 16.2 Å². The SMILES string of the molecule is Cc1cc(C2(c3cc(N)cc(F)c3)N=C(N)N(C)C2=O)ccc1OC(F)F. The van der Waals surface area contributed by atoms with Gasteiger partial charge in [0.25, 0.3) is 5.91 Å². The minimum atomic E-state index is -2.99. The van der Waals surface area contributed by atoms with E-state index in [1.54, 1.807) is 6.92 Å². The molecule has 1 unspecified atom stereocenters. The van der Waals surface area contributed by atoms with Crippen molar-refractivity contribution in [3.05, 3.63) is 58.9 Å². The van der Waals surface area contributed by atoms with Crippen LogP contribution in [0, 0.1) is 12.7 Å². The number of likely N-dealkylation sites (N-methyl/N-ethyl adjacent to an activating group) is 1. The molecule has 0 bridgehead atoms. The van der Waals surface area contributed by atoms with E-state index in [9.17, 15) is 18.0 Å². The van der Waals surface area contributed by atoms with Crippen molar-refractivity contribution in [2.75, 3.05) is 12.8 Å². The van der Waals surface area contributed by atoms with Crippen molar-refractivity contribution in [3.63, 3.8) is 0 Å². The summed E-state index contributed by atoms with van der Waals surface area (Å²) in [6.45, 7) is -1.44. The molecule has 1 aliphatic rings. The van der Waals surface area contributed by atoms with Crippen LogP contribution in [0.3, 0.4) is 0 Å². The molecule has 1 heterocycles. The summed E-state index contributed by atoms with van der Waals surface area (Å²) in [6.07, 6.45) is 0. The molecule has 0 aromatic heterocycles. The highest BCUT2D eigenvalue weighted by Gasteiger charge is 2.50. The number of guanidine groups is 1. The van der Waals surface area contributed by atoms with Crippen molar-refractivity contribution in [1.82, 2.24) is 4.90 Å². The lowest BCUT2D eigenvalue weighted by Crippen LogP contribution is -2.41. The number of nitrogen functional groups attached to an aromatic ring is 1. The Kier molecular flexibility index (Phi) is 4.46. The summed E-state index contributed by atoms with van der Waals surface area (Å²) in [7, 11) is 1.44. The number of aryl methyl sites for hydroxylation is 1. The lowest BCUT2D eigenvalue weighted by atomic mass is 9.82. The zero-order chi connectivity index (χ0) is 19.9. The maximum absolute atomic E-state index is 14.0. The molecule has 0 aliphatic carbocycles. The number of nitrogens with two attached hydrogens (primary N) is 2. The standard InChI is InChI=1S/C18H17F3N4O2/c1-9-5-10(3-4-14(9)27-16(20)21)18(15(26)25(2)17(23)24-18)11-6-12(19)8-13(22)7-11/h3-8,16H,22H2,1-2H3,(H2,23,24). The first-order valence-electron chi connectivity index (χ1n) is 7.91. The molecule has 0 spiro atoms. The zero-order valence-electron chi connectivity index (χ0n) is 14.5. The number of anilines is 1. The number of carbonyl (C=O) groups excluding carboxylic acids is 1. The van der Waals surface area contributed by atoms with Gasteiger partial charge in [-0.3, -0.25) is 9.69 Å². The Morgan fingerprint density at radius 1 is 1.15 bits per heavy atom. The summed E-state index contributed by atoms with van der Waals surface area (Å²) in [5.41, 5.74) is 10.9. The van der Waals surface area contributed by atoms with E-state index < -0.39 is 23.9 Å². The fourth-order valence-corrected chi connectivity index (χ4v) is 3.11.